The molecule has 6 rings (SSSR count). The topological polar surface area (TPSA) is 23.6 Å². The molecule has 3 aliphatic heterocycles. The number of rotatable bonds is 2. The lowest BCUT2D eigenvalue weighted by atomic mass is 9.60. The van der Waals surface area contributed by atoms with Gasteiger partial charge in [-0.25, -0.2) is 0 Å². The van der Waals surface area contributed by atoms with Crippen molar-refractivity contribution in [1.29, 1.82) is 0 Å². The van der Waals surface area contributed by atoms with E-state index in [0.717, 1.165) is 38.8 Å². The Balaban J connectivity index is 1.47. The molecule has 29 heavy (non-hydrogen) atoms. The van der Waals surface area contributed by atoms with Gasteiger partial charge < -0.3 is 4.90 Å². The Morgan fingerprint density at radius 1 is 0.931 bits per heavy atom. The summed E-state index contributed by atoms with van der Waals surface area (Å²) < 4.78 is 0. The van der Waals surface area contributed by atoms with Gasteiger partial charge in [0, 0.05) is 42.1 Å². The van der Waals surface area contributed by atoms with Crippen molar-refractivity contribution >= 4 is 11.5 Å². The summed E-state index contributed by atoms with van der Waals surface area (Å²) in [6, 6.07) is 20.9. The number of carbonyl (C=O) groups excluding carboxylic acids is 1. The highest BCUT2D eigenvalue weighted by Crippen LogP contribution is 2.60. The molecule has 2 aromatic carbocycles. The van der Waals surface area contributed by atoms with Crippen molar-refractivity contribution in [1.82, 2.24) is 4.90 Å². The molecular weight excluding hydrogens is 356 g/mol. The van der Waals surface area contributed by atoms with Gasteiger partial charge in [-0.2, -0.15) is 0 Å². The van der Waals surface area contributed by atoms with E-state index in [1.807, 2.05) is 0 Å². The molecule has 1 aliphatic carbocycles. The van der Waals surface area contributed by atoms with Crippen LogP contribution in [0.3, 0.4) is 0 Å². The first kappa shape index (κ1) is 17.7. The van der Waals surface area contributed by atoms with Crippen molar-refractivity contribution < 1.29 is 4.79 Å². The summed E-state index contributed by atoms with van der Waals surface area (Å²) in [4.78, 5) is 18.5. The fraction of sp³-hybridized carbons (Fsp3) is 0.500. The lowest BCUT2D eigenvalue weighted by Crippen LogP contribution is -2.60. The van der Waals surface area contributed by atoms with E-state index in [0.29, 0.717) is 17.9 Å². The van der Waals surface area contributed by atoms with Crippen LogP contribution in [-0.4, -0.2) is 35.9 Å². The molecule has 3 heteroatoms. The van der Waals surface area contributed by atoms with Crippen LogP contribution >= 0.6 is 0 Å². The van der Waals surface area contributed by atoms with E-state index in [9.17, 15) is 4.79 Å². The molecule has 1 saturated carbocycles. The summed E-state index contributed by atoms with van der Waals surface area (Å²) in [6.07, 6.45) is 6.45. The highest BCUT2D eigenvalue weighted by molar-refractivity contribution is 5.83. The predicted molar refractivity (Wildman–Crippen MR) is 116 cm³/mol. The number of para-hydroxylation sites is 1. The first-order valence-electron chi connectivity index (χ1n) is 11.5. The monoisotopic (exact) mass is 386 g/mol. The normalized spacial score (nSPS) is 33.6. The van der Waals surface area contributed by atoms with Crippen molar-refractivity contribution in [2.45, 2.75) is 62.6 Å². The van der Waals surface area contributed by atoms with Crippen LogP contribution in [0.25, 0.3) is 0 Å². The molecule has 0 bridgehead atoms. The Kier molecular flexibility index (Phi) is 4.09. The van der Waals surface area contributed by atoms with Crippen LogP contribution in [0.1, 0.15) is 49.7 Å². The van der Waals surface area contributed by atoms with Crippen LogP contribution in [-0.2, 0) is 16.8 Å². The molecule has 1 spiro atoms. The third-order valence-corrected chi connectivity index (χ3v) is 8.28. The number of hydrogen-bond acceptors (Lipinski definition) is 3. The zero-order chi connectivity index (χ0) is 19.4. The van der Waals surface area contributed by atoms with Crippen LogP contribution in [0.2, 0.25) is 0 Å². The minimum absolute atomic E-state index is 0.126. The van der Waals surface area contributed by atoms with E-state index in [2.05, 4.69) is 64.4 Å². The Morgan fingerprint density at radius 3 is 2.66 bits per heavy atom. The molecule has 3 heterocycles. The largest absolute Gasteiger partial charge is 0.363 e. The van der Waals surface area contributed by atoms with Gasteiger partial charge >= 0.3 is 0 Å². The van der Waals surface area contributed by atoms with Gasteiger partial charge in [0.2, 0.25) is 0 Å². The first-order valence-corrected chi connectivity index (χ1v) is 11.5. The van der Waals surface area contributed by atoms with Crippen LogP contribution in [0, 0.1) is 5.92 Å². The number of carbonyl (C=O) groups is 1. The molecule has 0 amide bonds. The highest BCUT2D eigenvalue weighted by atomic mass is 16.1. The quantitative estimate of drug-likeness (QED) is 0.756. The van der Waals surface area contributed by atoms with E-state index >= 15 is 0 Å². The molecule has 0 unspecified atom stereocenters. The van der Waals surface area contributed by atoms with Gasteiger partial charge in [0.15, 0.2) is 0 Å². The smallest absolute Gasteiger partial charge is 0.137 e. The Labute approximate surface area is 173 Å². The number of benzene rings is 2. The predicted octanol–water partition coefficient (Wildman–Crippen LogP) is 4.55. The summed E-state index contributed by atoms with van der Waals surface area (Å²) in [5, 5.41) is 0. The zero-order valence-corrected chi connectivity index (χ0v) is 17.1. The van der Waals surface area contributed by atoms with Gasteiger partial charge in [-0.1, -0.05) is 48.5 Å². The van der Waals surface area contributed by atoms with E-state index in [4.69, 9.17) is 0 Å². The van der Waals surface area contributed by atoms with E-state index in [-0.39, 0.29) is 11.3 Å². The Hall–Kier alpha value is -2.13. The summed E-state index contributed by atoms with van der Waals surface area (Å²) in [5.74, 6) is 0.775. The molecule has 0 radical (unpaired) electrons. The van der Waals surface area contributed by atoms with Crippen molar-refractivity contribution in [3.05, 3.63) is 65.7 Å². The van der Waals surface area contributed by atoms with Gasteiger partial charge in [0.1, 0.15) is 5.78 Å². The molecule has 3 nitrogen and oxygen atoms in total. The average molecular weight is 387 g/mol. The minimum atomic E-state index is 0.126. The summed E-state index contributed by atoms with van der Waals surface area (Å²) >= 11 is 0. The summed E-state index contributed by atoms with van der Waals surface area (Å²) in [6.45, 7) is 3.29. The van der Waals surface area contributed by atoms with Crippen LogP contribution in [0.4, 0.5) is 5.69 Å². The fourth-order valence-corrected chi connectivity index (χ4v) is 7.23. The van der Waals surface area contributed by atoms with Crippen molar-refractivity contribution in [2.24, 2.45) is 5.92 Å². The highest BCUT2D eigenvalue weighted by Gasteiger charge is 2.64. The Morgan fingerprint density at radius 2 is 1.76 bits per heavy atom. The second-order valence-corrected chi connectivity index (χ2v) is 9.52. The number of anilines is 1. The molecule has 150 valence electrons. The van der Waals surface area contributed by atoms with Crippen molar-refractivity contribution in [3.8, 4) is 0 Å². The lowest BCUT2D eigenvalue weighted by molar-refractivity contribution is -0.128. The number of Topliss-reactive ketones (excluding diaryl/α,β-unsaturated/α-hetero) is 1. The maximum atomic E-state index is 13.1. The second kappa shape index (κ2) is 6.70. The number of ketones is 1. The zero-order valence-electron chi connectivity index (χ0n) is 17.1. The summed E-state index contributed by atoms with van der Waals surface area (Å²) in [5.41, 5.74) is 4.44. The number of nitrogens with zero attached hydrogens (tertiary/aromatic N) is 2. The number of hydrogen-bond donors (Lipinski definition) is 0. The van der Waals surface area contributed by atoms with Crippen molar-refractivity contribution in [3.63, 3.8) is 0 Å². The van der Waals surface area contributed by atoms with E-state index in [1.54, 1.807) is 0 Å². The first-order chi connectivity index (χ1) is 14.3. The molecule has 0 aromatic heterocycles. The number of fused-ring (bicyclic) bond motifs is 1. The van der Waals surface area contributed by atoms with Crippen LogP contribution in [0.15, 0.2) is 54.6 Å². The van der Waals surface area contributed by atoms with Crippen LogP contribution in [0.5, 0.6) is 0 Å². The second-order valence-electron chi connectivity index (χ2n) is 9.52. The molecule has 2 saturated heterocycles. The van der Waals surface area contributed by atoms with Crippen LogP contribution < -0.4 is 4.90 Å². The van der Waals surface area contributed by atoms with Gasteiger partial charge in [-0.3, -0.25) is 9.69 Å². The van der Waals surface area contributed by atoms with Gasteiger partial charge in [0.25, 0.3) is 0 Å². The molecule has 2 aromatic rings. The maximum absolute atomic E-state index is 13.1. The lowest BCUT2D eigenvalue weighted by Gasteiger charge is -2.50. The molecule has 3 fully saturated rings. The third kappa shape index (κ3) is 2.49. The molecule has 0 N–H and O–H groups in total. The molecule has 4 aliphatic rings. The molecule has 4 atom stereocenters. The maximum Gasteiger partial charge on any atom is 0.137 e. The summed E-state index contributed by atoms with van der Waals surface area (Å²) in [7, 11) is 0. The van der Waals surface area contributed by atoms with Gasteiger partial charge in [0.05, 0.1) is 0 Å². The minimum Gasteiger partial charge on any atom is -0.363 e. The third-order valence-electron chi connectivity index (χ3n) is 8.28. The van der Waals surface area contributed by atoms with E-state index < -0.39 is 0 Å². The van der Waals surface area contributed by atoms with E-state index in [1.165, 1.54) is 36.2 Å². The Bertz CT molecular complexity index is 925. The van der Waals surface area contributed by atoms with Gasteiger partial charge in [-0.05, 0) is 62.4 Å². The fourth-order valence-electron chi connectivity index (χ4n) is 7.23. The van der Waals surface area contributed by atoms with Gasteiger partial charge in [-0.15, -0.1) is 0 Å². The SMILES string of the molecule is O=C1CCCCN2CC[C@]34c5ccccc5N(Cc5ccccc5)[C@H]3CC[C@H]1[C@@H]24. The molecular formula is C26H30N2O. The average Bonchev–Trinajstić information content (AvgIpc) is 3.26. The standard InChI is InChI=1S/C26H30N2O/c29-23-12-6-7-16-27-17-15-26-21-10-4-5-11-22(21)28(18-19-8-2-1-3-9-19)24(26)14-13-20(23)25(26)27/h1-5,8-11,20,24-25H,6-7,12-18H2/t20-,24+,25-,26+/m1/s1. The van der Waals surface area contributed by atoms with Crippen molar-refractivity contribution in [2.75, 3.05) is 18.0 Å².